The maximum Gasteiger partial charge on any atom is 0.275 e. The molecule has 0 atom stereocenters. The summed E-state index contributed by atoms with van der Waals surface area (Å²) in [4.78, 5) is 10.6. The lowest BCUT2D eigenvalue weighted by Crippen LogP contribution is -2.03. The standard InChI is InChI=1S/C15H13ClN4O2/c1-19-14-5-4-13(6-11(14)9-18-19)17-8-10-2-3-12(16)7-15(10)20(21)22/h2-7,9,17H,8H2,1H3. The van der Waals surface area contributed by atoms with Crippen molar-refractivity contribution in [3.8, 4) is 0 Å². The van der Waals surface area contributed by atoms with Gasteiger partial charge in [-0.25, -0.2) is 0 Å². The quantitative estimate of drug-likeness (QED) is 0.587. The van der Waals surface area contributed by atoms with E-state index in [0.717, 1.165) is 16.6 Å². The van der Waals surface area contributed by atoms with Crippen LogP contribution in [0, 0.1) is 10.1 Å². The van der Waals surface area contributed by atoms with E-state index in [4.69, 9.17) is 11.6 Å². The smallest absolute Gasteiger partial charge is 0.275 e. The summed E-state index contributed by atoms with van der Waals surface area (Å²) in [5, 5.41) is 19.8. The van der Waals surface area contributed by atoms with Crippen LogP contribution in [0.5, 0.6) is 0 Å². The van der Waals surface area contributed by atoms with Gasteiger partial charge in [0.05, 0.1) is 16.6 Å². The Bertz CT molecular complexity index is 860. The Hall–Kier alpha value is -2.60. The molecule has 0 spiro atoms. The van der Waals surface area contributed by atoms with E-state index in [2.05, 4.69) is 10.4 Å². The highest BCUT2D eigenvalue weighted by molar-refractivity contribution is 6.30. The SMILES string of the molecule is Cn1ncc2cc(NCc3ccc(Cl)cc3[N+](=O)[O-])ccc21. The second kappa shape index (κ2) is 5.65. The third kappa shape index (κ3) is 2.73. The molecule has 22 heavy (non-hydrogen) atoms. The van der Waals surface area contributed by atoms with Crippen LogP contribution in [0.4, 0.5) is 11.4 Å². The van der Waals surface area contributed by atoms with Gasteiger partial charge in [0.1, 0.15) is 0 Å². The summed E-state index contributed by atoms with van der Waals surface area (Å²) >= 11 is 5.81. The fourth-order valence-corrected chi connectivity index (χ4v) is 2.49. The predicted molar refractivity (Wildman–Crippen MR) is 86.1 cm³/mol. The Morgan fingerprint density at radius 1 is 1.32 bits per heavy atom. The molecule has 0 radical (unpaired) electrons. The van der Waals surface area contributed by atoms with Gasteiger partial charge in [-0.15, -0.1) is 0 Å². The zero-order valence-corrected chi connectivity index (χ0v) is 12.5. The molecule has 0 unspecified atom stereocenters. The van der Waals surface area contributed by atoms with Crippen molar-refractivity contribution in [1.29, 1.82) is 0 Å². The van der Waals surface area contributed by atoms with Crippen LogP contribution in [0.1, 0.15) is 5.56 Å². The molecule has 2 aromatic carbocycles. The zero-order valence-electron chi connectivity index (χ0n) is 11.8. The first-order valence-electron chi connectivity index (χ1n) is 6.63. The molecule has 3 aromatic rings. The third-order valence-electron chi connectivity index (χ3n) is 3.47. The van der Waals surface area contributed by atoms with Crippen molar-refractivity contribution in [2.24, 2.45) is 7.05 Å². The van der Waals surface area contributed by atoms with Gasteiger partial charge in [0.15, 0.2) is 0 Å². The monoisotopic (exact) mass is 316 g/mol. The van der Waals surface area contributed by atoms with E-state index in [-0.39, 0.29) is 5.69 Å². The van der Waals surface area contributed by atoms with Crippen molar-refractivity contribution in [1.82, 2.24) is 9.78 Å². The number of nitrogens with one attached hydrogen (secondary N) is 1. The largest absolute Gasteiger partial charge is 0.381 e. The molecule has 0 saturated heterocycles. The van der Waals surface area contributed by atoms with Gasteiger partial charge >= 0.3 is 0 Å². The summed E-state index contributed by atoms with van der Waals surface area (Å²) < 4.78 is 1.79. The summed E-state index contributed by atoms with van der Waals surface area (Å²) in [5.74, 6) is 0. The van der Waals surface area contributed by atoms with Gasteiger partial charge in [-0.3, -0.25) is 14.8 Å². The van der Waals surface area contributed by atoms with E-state index in [0.29, 0.717) is 17.1 Å². The Morgan fingerprint density at radius 2 is 2.14 bits per heavy atom. The number of hydrogen-bond acceptors (Lipinski definition) is 4. The molecule has 112 valence electrons. The molecule has 0 aliphatic rings. The molecule has 1 heterocycles. The summed E-state index contributed by atoms with van der Waals surface area (Å²) in [6.07, 6.45) is 1.78. The molecular weight excluding hydrogens is 304 g/mol. The number of benzene rings is 2. The highest BCUT2D eigenvalue weighted by atomic mass is 35.5. The van der Waals surface area contributed by atoms with Gasteiger partial charge in [0, 0.05) is 41.3 Å². The van der Waals surface area contributed by atoms with Crippen LogP contribution in [0.15, 0.2) is 42.6 Å². The Kier molecular flexibility index (Phi) is 3.68. The van der Waals surface area contributed by atoms with Crippen molar-refractivity contribution in [3.63, 3.8) is 0 Å². The van der Waals surface area contributed by atoms with Gasteiger partial charge in [0.2, 0.25) is 0 Å². The van der Waals surface area contributed by atoms with Crippen molar-refractivity contribution in [2.45, 2.75) is 6.54 Å². The number of nitrogens with zero attached hydrogens (tertiary/aromatic N) is 3. The Balaban J connectivity index is 1.83. The van der Waals surface area contributed by atoms with Crippen molar-refractivity contribution < 1.29 is 4.92 Å². The molecule has 0 bridgehead atoms. The van der Waals surface area contributed by atoms with Gasteiger partial charge < -0.3 is 5.32 Å². The summed E-state index contributed by atoms with van der Waals surface area (Å²) in [6, 6.07) is 10.5. The van der Waals surface area contributed by atoms with Gasteiger partial charge in [-0.1, -0.05) is 11.6 Å². The maximum atomic E-state index is 11.1. The number of hydrogen-bond donors (Lipinski definition) is 1. The molecule has 0 aliphatic heterocycles. The summed E-state index contributed by atoms with van der Waals surface area (Å²) in [5.41, 5.74) is 2.51. The van der Waals surface area contributed by atoms with Crippen LogP contribution in [-0.4, -0.2) is 14.7 Å². The van der Waals surface area contributed by atoms with Crippen LogP contribution in [0.2, 0.25) is 5.02 Å². The van der Waals surface area contributed by atoms with Gasteiger partial charge in [0.25, 0.3) is 5.69 Å². The predicted octanol–water partition coefficient (Wildman–Crippen LogP) is 3.75. The molecule has 0 aliphatic carbocycles. The minimum absolute atomic E-state index is 0.0162. The zero-order chi connectivity index (χ0) is 15.7. The number of nitro benzene ring substituents is 1. The first-order chi connectivity index (χ1) is 10.5. The van der Waals surface area contributed by atoms with Crippen LogP contribution in [-0.2, 0) is 13.6 Å². The molecular formula is C15H13ClN4O2. The fourth-order valence-electron chi connectivity index (χ4n) is 2.33. The number of fused-ring (bicyclic) bond motifs is 1. The minimum atomic E-state index is -0.423. The minimum Gasteiger partial charge on any atom is -0.381 e. The van der Waals surface area contributed by atoms with Crippen LogP contribution in [0.3, 0.4) is 0 Å². The third-order valence-corrected chi connectivity index (χ3v) is 3.71. The number of aromatic nitrogens is 2. The van der Waals surface area contributed by atoms with E-state index >= 15 is 0 Å². The summed E-state index contributed by atoms with van der Waals surface area (Å²) in [6.45, 7) is 0.346. The molecule has 0 saturated carbocycles. The number of rotatable bonds is 4. The average molecular weight is 317 g/mol. The topological polar surface area (TPSA) is 73.0 Å². The van der Waals surface area contributed by atoms with E-state index in [1.54, 1.807) is 23.0 Å². The lowest BCUT2D eigenvalue weighted by molar-refractivity contribution is -0.385. The second-order valence-corrected chi connectivity index (χ2v) is 5.36. The molecule has 6 nitrogen and oxygen atoms in total. The maximum absolute atomic E-state index is 11.1. The highest BCUT2D eigenvalue weighted by Gasteiger charge is 2.14. The number of aryl methyl sites for hydroxylation is 1. The highest BCUT2D eigenvalue weighted by Crippen LogP contribution is 2.25. The van der Waals surface area contributed by atoms with E-state index < -0.39 is 4.92 Å². The summed E-state index contributed by atoms with van der Waals surface area (Å²) in [7, 11) is 1.88. The fraction of sp³-hybridized carbons (Fsp3) is 0.133. The molecule has 3 rings (SSSR count). The number of halogens is 1. The molecule has 1 N–H and O–H groups in total. The molecule has 1 aromatic heterocycles. The van der Waals surface area contributed by atoms with Crippen LogP contribution in [0.25, 0.3) is 10.9 Å². The normalized spacial score (nSPS) is 10.8. The van der Waals surface area contributed by atoms with Gasteiger partial charge in [-0.05, 0) is 30.3 Å². The number of nitro groups is 1. The average Bonchev–Trinajstić information content (AvgIpc) is 2.87. The lowest BCUT2D eigenvalue weighted by atomic mass is 10.1. The van der Waals surface area contributed by atoms with E-state index in [1.807, 2.05) is 25.2 Å². The van der Waals surface area contributed by atoms with Crippen molar-refractivity contribution in [3.05, 3.63) is 63.3 Å². The van der Waals surface area contributed by atoms with Crippen molar-refractivity contribution in [2.75, 3.05) is 5.32 Å². The Labute approximate surface area is 131 Å². The van der Waals surface area contributed by atoms with Gasteiger partial charge in [-0.2, -0.15) is 5.10 Å². The Morgan fingerprint density at radius 3 is 2.91 bits per heavy atom. The lowest BCUT2D eigenvalue weighted by Gasteiger charge is -2.08. The first kappa shape index (κ1) is 14.3. The van der Waals surface area contributed by atoms with Crippen LogP contribution < -0.4 is 5.32 Å². The number of anilines is 1. The molecule has 0 fully saturated rings. The first-order valence-corrected chi connectivity index (χ1v) is 7.01. The van der Waals surface area contributed by atoms with Crippen molar-refractivity contribution >= 4 is 33.9 Å². The molecule has 7 heteroatoms. The second-order valence-electron chi connectivity index (χ2n) is 4.93. The van der Waals surface area contributed by atoms with E-state index in [1.165, 1.54) is 6.07 Å². The molecule has 0 amide bonds. The van der Waals surface area contributed by atoms with E-state index in [9.17, 15) is 10.1 Å². The van der Waals surface area contributed by atoms with Crippen LogP contribution >= 0.6 is 11.6 Å².